The highest BCUT2D eigenvalue weighted by atomic mass is 35.5. The van der Waals surface area contributed by atoms with Gasteiger partial charge in [-0.2, -0.15) is 0 Å². The Kier molecular flexibility index (Phi) is 12.0. The fraction of sp³-hybridized carbons (Fsp3) is 0.268. The first-order valence-electron chi connectivity index (χ1n) is 16.5. The van der Waals surface area contributed by atoms with Crippen LogP contribution in [-0.4, -0.2) is 36.6 Å². The van der Waals surface area contributed by atoms with Crippen molar-refractivity contribution in [3.8, 4) is 17.2 Å². The molecule has 1 aliphatic rings. The average molecular weight is 681 g/mol. The maximum atomic E-state index is 12.6. The summed E-state index contributed by atoms with van der Waals surface area (Å²) in [5.74, 6) is -0.160. The van der Waals surface area contributed by atoms with Gasteiger partial charge in [0.2, 0.25) is 5.79 Å². The van der Waals surface area contributed by atoms with Crippen LogP contribution in [0, 0.1) is 0 Å². The minimum atomic E-state index is -1.93. The fourth-order valence-corrected chi connectivity index (χ4v) is 6.06. The van der Waals surface area contributed by atoms with E-state index in [-0.39, 0.29) is 13.2 Å². The van der Waals surface area contributed by atoms with Crippen LogP contribution < -0.4 is 9.47 Å². The topological polar surface area (TPSA) is 75.6 Å². The average Bonchev–Trinajstić information content (AvgIpc) is 3.13. The number of hydrogen-bond acceptors (Lipinski definition) is 7. The van der Waals surface area contributed by atoms with Gasteiger partial charge in [-0.1, -0.05) is 103 Å². The van der Waals surface area contributed by atoms with E-state index in [9.17, 15) is 5.11 Å². The Labute approximate surface area is 292 Å². The van der Waals surface area contributed by atoms with Gasteiger partial charge in [0.05, 0.1) is 50.3 Å². The van der Waals surface area contributed by atoms with E-state index in [1.807, 2.05) is 122 Å². The molecule has 1 saturated heterocycles. The monoisotopic (exact) mass is 680 g/mol. The van der Waals surface area contributed by atoms with Gasteiger partial charge in [-0.25, -0.2) is 0 Å². The highest BCUT2D eigenvalue weighted by molar-refractivity contribution is 6.32. The normalized spacial score (nSPS) is 20.5. The molecule has 0 aliphatic carbocycles. The second-order valence-corrected chi connectivity index (χ2v) is 12.3. The van der Waals surface area contributed by atoms with Crippen molar-refractivity contribution < 1.29 is 33.5 Å². The molecule has 1 N–H and O–H groups in total. The SMILES string of the molecule is CCOc1ccc(Oc2ccc(C3(O)O[C@H](COCc4ccccc4)C[C@H](OCc4ccccc4)[C@H]3OCc3ccccc3)cc2Cl)cc1. The van der Waals surface area contributed by atoms with Crippen molar-refractivity contribution in [1.82, 2.24) is 0 Å². The van der Waals surface area contributed by atoms with E-state index in [2.05, 4.69) is 0 Å². The number of hydrogen-bond donors (Lipinski definition) is 1. The van der Waals surface area contributed by atoms with Crippen LogP contribution in [0.2, 0.25) is 5.02 Å². The van der Waals surface area contributed by atoms with E-state index in [4.69, 9.17) is 40.0 Å². The standard InChI is InChI=1S/C41H41ClO7/c1-2-45-34-19-21-35(22-20-34)48-38-23-18-33(24-37(38)42)41(43)40(47-28-32-16-10-5-11-17-32)39(46-27-31-14-8-4-9-15-31)25-36(49-41)29-44-26-30-12-6-3-7-13-30/h3-24,36,39-40,43H,2,25-29H2,1H3/t36-,39-,40+,41?/m0/s1. The van der Waals surface area contributed by atoms with Crippen molar-refractivity contribution in [1.29, 1.82) is 0 Å². The Hall–Kier alpha value is -4.21. The van der Waals surface area contributed by atoms with E-state index >= 15 is 0 Å². The molecule has 0 radical (unpaired) electrons. The zero-order valence-corrected chi connectivity index (χ0v) is 28.2. The van der Waals surface area contributed by atoms with Gasteiger partial charge in [-0.05, 0) is 66.1 Å². The molecular weight excluding hydrogens is 640 g/mol. The molecular formula is C41H41ClO7. The van der Waals surface area contributed by atoms with Crippen molar-refractivity contribution in [2.75, 3.05) is 13.2 Å². The van der Waals surface area contributed by atoms with E-state index in [1.165, 1.54) is 0 Å². The van der Waals surface area contributed by atoms with Crippen LogP contribution in [0.3, 0.4) is 0 Å². The minimum absolute atomic E-state index is 0.237. The van der Waals surface area contributed by atoms with Crippen LogP contribution in [0.4, 0.5) is 0 Å². The molecule has 0 spiro atoms. The third-order valence-electron chi connectivity index (χ3n) is 8.27. The van der Waals surface area contributed by atoms with E-state index in [1.54, 1.807) is 18.2 Å². The molecule has 0 aromatic heterocycles. The van der Waals surface area contributed by atoms with Gasteiger partial charge in [0.25, 0.3) is 0 Å². The summed E-state index contributed by atoms with van der Waals surface area (Å²) in [6, 6.07) is 42.1. The zero-order valence-electron chi connectivity index (χ0n) is 27.5. The Balaban J connectivity index is 1.28. The predicted octanol–water partition coefficient (Wildman–Crippen LogP) is 8.85. The van der Waals surface area contributed by atoms with Crippen LogP contribution >= 0.6 is 11.6 Å². The largest absolute Gasteiger partial charge is 0.494 e. The summed E-state index contributed by atoms with van der Waals surface area (Å²) in [4.78, 5) is 0. The number of benzene rings is 5. The fourth-order valence-electron chi connectivity index (χ4n) is 5.84. The number of ether oxygens (including phenoxy) is 6. The molecule has 0 amide bonds. The van der Waals surface area contributed by atoms with Crippen molar-refractivity contribution >= 4 is 11.6 Å². The zero-order chi connectivity index (χ0) is 33.9. The first-order chi connectivity index (χ1) is 24.0. The Morgan fingerprint density at radius 3 is 1.88 bits per heavy atom. The number of aliphatic hydroxyl groups is 1. The highest BCUT2D eigenvalue weighted by Gasteiger charge is 2.52. The summed E-state index contributed by atoms with van der Waals surface area (Å²) < 4.78 is 37.4. The van der Waals surface area contributed by atoms with Crippen molar-refractivity contribution in [3.63, 3.8) is 0 Å². The summed E-state index contributed by atoms with van der Waals surface area (Å²) in [7, 11) is 0. The molecule has 1 fully saturated rings. The lowest BCUT2D eigenvalue weighted by Gasteiger charge is -2.47. The van der Waals surface area contributed by atoms with Crippen molar-refractivity contribution in [3.05, 3.63) is 161 Å². The Morgan fingerprint density at radius 2 is 1.29 bits per heavy atom. The van der Waals surface area contributed by atoms with Crippen molar-refractivity contribution in [2.45, 2.75) is 57.3 Å². The molecule has 1 heterocycles. The maximum Gasteiger partial charge on any atom is 0.222 e. The lowest BCUT2D eigenvalue weighted by Crippen LogP contribution is -2.58. The third-order valence-corrected chi connectivity index (χ3v) is 8.56. The van der Waals surface area contributed by atoms with Crippen LogP contribution in [0.1, 0.15) is 35.6 Å². The first-order valence-corrected chi connectivity index (χ1v) is 16.9. The predicted molar refractivity (Wildman–Crippen MR) is 189 cm³/mol. The molecule has 1 aliphatic heterocycles. The van der Waals surface area contributed by atoms with Gasteiger partial charge in [0, 0.05) is 12.0 Å². The molecule has 0 bridgehead atoms. The van der Waals surface area contributed by atoms with Gasteiger partial charge in [-0.15, -0.1) is 0 Å². The summed E-state index contributed by atoms with van der Waals surface area (Å²) >= 11 is 6.81. The smallest absolute Gasteiger partial charge is 0.222 e. The molecule has 4 atom stereocenters. The molecule has 6 rings (SSSR count). The maximum absolute atomic E-state index is 12.6. The second kappa shape index (κ2) is 16.9. The molecule has 1 unspecified atom stereocenters. The summed E-state index contributed by atoms with van der Waals surface area (Å²) in [6.07, 6.45) is -1.53. The first kappa shape index (κ1) is 34.6. The lowest BCUT2D eigenvalue weighted by molar-refractivity contribution is -0.351. The number of halogens is 1. The van der Waals surface area contributed by atoms with E-state index < -0.39 is 24.1 Å². The van der Waals surface area contributed by atoms with Gasteiger partial charge in [0.1, 0.15) is 23.4 Å². The lowest BCUT2D eigenvalue weighted by atomic mass is 9.89. The molecule has 0 saturated carbocycles. The highest BCUT2D eigenvalue weighted by Crippen LogP contribution is 2.42. The Bertz CT molecular complexity index is 1720. The summed E-state index contributed by atoms with van der Waals surface area (Å²) in [5.41, 5.74) is 3.42. The molecule has 8 heteroatoms. The molecule has 5 aromatic carbocycles. The van der Waals surface area contributed by atoms with Crippen LogP contribution in [0.15, 0.2) is 133 Å². The molecule has 254 valence electrons. The van der Waals surface area contributed by atoms with Gasteiger partial charge in [0.15, 0.2) is 0 Å². The van der Waals surface area contributed by atoms with E-state index in [0.29, 0.717) is 48.3 Å². The van der Waals surface area contributed by atoms with Crippen LogP contribution in [-0.2, 0) is 44.6 Å². The number of rotatable bonds is 15. The molecule has 5 aromatic rings. The summed E-state index contributed by atoms with van der Waals surface area (Å²) in [5, 5.41) is 12.9. The van der Waals surface area contributed by atoms with Gasteiger partial charge in [-0.3, -0.25) is 0 Å². The van der Waals surface area contributed by atoms with Gasteiger partial charge < -0.3 is 33.5 Å². The van der Waals surface area contributed by atoms with Crippen molar-refractivity contribution in [2.24, 2.45) is 0 Å². The second-order valence-electron chi connectivity index (χ2n) is 11.9. The molecule has 7 nitrogen and oxygen atoms in total. The Morgan fingerprint density at radius 1 is 0.714 bits per heavy atom. The van der Waals surface area contributed by atoms with Crippen LogP contribution in [0.5, 0.6) is 17.2 Å². The van der Waals surface area contributed by atoms with E-state index in [0.717, 1.165) is 22.4 Å². The van der Waals surface area contributed by atoms with Crippen LogP contribution in [0.25, 0.3) is 0 Å². The summed E-state index contributed by atoms with van der Waals surface area (Å²) in [6.45, 7) is 3.73. The molecule has 49 heavy (non-hydrogen) atoms. The van der Waals surface area contributed by atoms with Gasteiger partial charge >= 0.3 is 0 Å². The minimum Gasteiger partial charge on any atom is -0.494 e. The quantitative estimate of drug-likeness (QED) is 0.118. The third kappa shape index (κ3) is 9.28.